The number of nitrogens with one attached hydrogen (secondary N) is 1. The van der Waals surface area contributed by atoms with Crippen molar-refractivity contribution in [1.82, 2.24) is 9.58 Å². The molecule has 2 aliphatic rings. The van der Waals surface area contributed by atoms with Crippen LogP contribution < -0.4 is 0 Å². The molecule has 170 valence electrons. The number of hydrogen-bond donors (Lipinski definition) is 1. The number of nitrogens with zero attached hydrogens (tertiary/aromatic N) is 4. The largest absolute Gasteiger partial charge is 0.318 e. The average molecular weight is 468 g/mol. The Hall–Kier alpha value is -3.71. The Morgan fingerprint density at radius 2 is 1.74 bits per heavy atom. The molecule has 0 unspecified atom stereocenters. The number of thioether (sulfide) groups is 1. The Bertz CT molecular complexity index is 1390. The van der Waals surface area contributed by atoms with Crippen molar-refractivity contribution in [2.45, 2.75) is 33.6 Å². The summed E-state index contributed by atoms with van der Waals surface area (Å²) in [5.41, 5.74) is 6.48. The summed E-state index contributed by atoms with van der Waals surface area (Å²) >= 11 is 1.31. The van der Waals surface area contributed by atoms with Crippen LogP contribution in [0.3, 0.4) is 0 Å². The summed E-state index contributed by atoms with van der Waals surface area (Å²) in [6.07, 6.45) is 1.76. The SMILES string of the molecule is Cc1cc(/C=C2\C(=N)N3N=C(c4ccccc4)SC3=NC2=O)c(C)n1-c1ccc(C(C)C)cc1. The van der Waals surface area contributed by atoms with Crippen LogP contribution in [0.4, 0.5) is 0 Å². The zero-order valence-corrected chi connectivity index (χ0v) is 20.4. The monoisotopic (exact) mass is 467 g/mol. The van der Waals surface area contributed by atoms with Crippen LogP contribution in [0.5, 0.6) is 0 Å². The number of aryl methyl sites for hydroxylation is 1. The van der Waals surface area contributed by atoms with Gasteiger partial charge in [0.25, 0.3) is 5.91 Å². The first-order valence-electron chi connectivity index (χ1n) is 11.2. The number of rotatable bonds is 4. The molecule has 34 heavy (non-hydrogen) atoms. The van der Waals surface area contributed by atoms with Crippen LogP contribution in [-0.2, 0) is 4.79 Å². The van der Waals surface area contributed by atoms with Gasteiger partial charge in [-0.25, -0.2) is 0 Å². The molecule has 3 heterocycles. The molecule has 0 radical (unpaired) electrons. The molecule has 0 saturated carbocycles. The van der Waals surface area contributed by atoms with Gasteiger partial charge < -0.3 is 4.57 Å². The molecule has 3 aromatic rings. The van der Waals surface area contributed by atoms with E-state index in [2.05, 4.69) is 52.8 Å². The number of benzene rings is 2. The number of carbonyl (C=O) groups excluding carboxylic acids is 1. The molecular formula is C27H25N5OS. The summed E-state index contributed by atoms with van der Waals surface area (Å²) in [5, 5.41) is 15.8. The van der Waals surface area contributed by atoms with Crippen molar-refractivity contribution < 1.29 is 4.79 Å². The van der Waals surface area contributed by atoms with Crippen molar-refractivity contribution in [2.24, 2.45) is 10.1 Å². The van der Waals surface area contributed by atoms with Crippen molar-refractivity contribution in [1.29, 1.82) is 5.41 Å². The van der Waals surface area contributed by atoms with Gasteiger partial charge in [0.15, 0.2) is 5.84 Å². The fraction of sp³-hybridized carbons (Fsp3) is 0.185. The maximum absolute atomic E-state index is 12.9. The molecule has 7 heteroatoms. The first kappa shape index (κ1) is 22.1. The highest BCUT2D eigenvalue weighted by molar-refractivity contribution is 8.27. The third kappa shape index (κ3) is 3.82. The third-order valence-electron chi connectivity index (χ3n) is 6.06. The molecule has 0 fully saturated rings. The fourth-order valence-corrected chi connectivity index (χ4v) is 5.08. The maximum Gasteiger partial charge on any atom is 0.283 e. The van der Waals surface area contributed by atoms with Gasteiger partial charge in [-0.3, -0.25) is 10.2 Å². The molecule has 6 nitrogen and oxygen atoms in total. The normalized spacial score (nSPS) is 16.9. The fourth-order valence-electron chi connectivity index (χ4n) is 4.18. The van der Waals surface area contributed by atoms with Gasteiger partial charge in [-0.1, -0.05) is 56.3 Å². The van der Waals surface area contributed by atoms with Gasteiger partial charge in [-0.05, 0) is 66.9 Å². The lowest BCUT2D eigenvalue weighted by Crippen LogP contribution is -2.35. The minimum absolute atomic E-state index is 0.0412. The third-order valence-corrected chi connectivity index (χ3v) is 7.02. The molecule has 2 aromatic carbocycles. The van der Waals surface area contributed by atoms with E-state index in [9.17, 15) is 4.79 Å². The maximum atomic E-state index is 12.9. The van der Waals surface area contributed by atoms with Crippen molar-refractivity contribution in [3.05, 3.63) is 94.3 Å². The van der Waals surface area contributed by atoms with Crippen molar-refractivity contribution in [3.8, 4) is 5.69 Å². The Morgan fingerprint density at radius 3 is 2.41 bits per heavy atom. The van der Waals surface area contributed by atoms with Gasteiger partial charge in [0, 0.05) is 22.6 Å². The summed E-state index contributed by atoms with van der Waals surface area (Å²) in [6, 6.07) is 20.3. The lowest BCUT2D eigenvalue weighted by atomic mass is 10.0. The number of fused-ring (bicyclic) bond motifs is 1. The van der Waals surface area contributed by atoms with E-state index in [1.807, 2.05) is 50.2 Å². The predicted molar refractivity (Wildman–Crippen MR) is 140 cm³/mol. The zero-order valence-electron chi connectivity index (χ0n) is 19.5. The van der Waals surface area contributed by atoms with Crippen LogP contribution in [0.2, 0.25) is 0 Å². The quantitative estimate of drug-likeness (QED) is 0.487. The van der Waals surface area contributed by atoms with Gasteiger partial charge in [0.2, 0.25) is 5.17 Å². The van der Waals surface area contributed by atoms with E-state index in [1.165, 1.54) is 22.3 Å². The minimum Gasteiger partial charge on any atom is -0.318 e. The second kappa shape index (κ2) is 8.57. The van der Waals surface area contributed by atoms with Crippen molar-refractivity contribution in [2.75, 3.05) is 0 Å². The molecule has 0 saturated heterocycles. The first-order valence-corrected chi connectivity index (χ1v) is 12.0. The first-order chi connectivity index (χ1) is 16.3. The highest BCUT2D eigenvalue weighted by Crippen LogP contribution is 2.32. The second-order valence-corrected chi connectivity index (χ2v) is 9.66. The number of carbonyl (C=O) groups is 1. The van der Waals surface area contributed by atoms with Crippen LogP contribution in [0.1, 0.15) is 47.8 Å². The Kier molecular flexibility index (Phi) is 5.57. The summed E-state index contributed by atoms with van der Waals surface area (Å²) in [5.74, 6) is 0.0997. The Balaban J connectivity index is 1.49. The standard InChI is InChI=1S/C27H25N5OS/c1-16(2)19-10-12-22(13-11-19)31-17(3)14-21(18(31)4)15-23-24(28)32-27(29-25(23)33)34-26(30-32)20-8-6-5-7-9-20/h5-16,28H,1-4H3/b23-15+,28-24?. The van der Waals surface area contributed by atoms with Gasteiger partial charge in [-0.15, -0.1) is 0 Å². The smallest absolute Gasteiger partial charge is 0.283 e. The molecule has 0 spiro atoms. The number of hydrogen-bond acceptors (Lipinski definition) is 4. The van der Waals surface area contributed by atoms with E-state index in [4.69, 9.17) is 5.41 Å². The minimum atomic E-state index is -0.417. The van der Waals surface area contributed by atoms with E-state index in [1.54, 1.807) is 6.08 Å². The number of amidine groups is 2. The summed E-state index contributed by atoms with van der Waals surface area (Å²) in [4.78, 5) is 17.1. The van der Waals surface area contributed by atoms with E-state index in [0.717, 1.165) is 33.2 Å². The highest BCUT2D eigenvalue weighted by atomic mass is 32.2. The second-order valence-electron chi connectivity index (χ2n) is 8.70. The van der Waals surface area contributed by atoms with Gasteiger partial charge >= 0.3 is 0 Å². The topological polar surface area (TPSA) is 73.8 Å². The molecule has 1 aromatic heterocycles. The molecule has 0 aliphatic carbocycles. The summed E-state index contributed by atoms with van der Waals surface area (Å²) in [7, 11) is 0. The number of amides is 1. The van der Waals surface area contributed by atoms with E-state index in [-0.39, 0.29) is 11.4 Å². The number of hydrazone groups is 1. The molecule has 1 amide bonds. The van der Waals surface area contributed by atoms with Crippen LogP contribution in [-0.4, -0.2) is 31.5 Å². The van der Waals surface area contributed by atoms with E-state index >= 15 is 0 Å². The molecular weight excluding hydrogens is 442 g/mol. The molecule has 0 bridgehead atoms. The molecule has 2 aliphatic heterocycles. The lowest BCUT2D eigenvalue weighted by molar-refractivity contribution is -0.114. The summed E-state index contributed by atoms with van der Waals surface area (Å²) < 4.78 is 2.17. The Labute approximate surface area is 203 Å². The van der Waals surface area contributed by atoms with E-state index in [0.29, 0.717) is 11.1 Å². The average Bonchev–Trinajstić information content (AvgIpc) is 3.37. The van der Waals surface area contributed by atoms with Gasteiger partial charge in [-0.2, -0.15) is 15.1 Å². The van der Waals surface area contributed by atoms with Crippen molar-refractivity contribution >= 4 is 39.8 Å². The van der Waals surface area contributed by atoms with Crippen LogP contribution >= 0.6 is 11.8 Å². The molecule has 5 rings (SSSR count). The summed E-state index contributed by atoms with van der Waals surface area (Å²) in [6.45, 7) is 8.43. The van der Waals surface area contributed by atoms with Crippen LogP contribution in [0.15, 0.2) is 76.3 Å². The van der Waals surface area contributed by atoms with E-state index < -0.39 is 5.91 Å². The highest BCUT2D eigenvalue weighted by Gasteiger charge is 2.36. The van der Waals surface area contributed by atoms with Crippen LogP contribution in [0.25, 0.3) is 11.8 Å². The van der Waals surface area contributed by atoms with Gasteiger partial charge in [0.1, 0.15) is 5.04 Å². The molecule has 1 N–H and O–H groups in total. The Morgan fingerprint density at radius 1 is 1.03 bits per heavy atom. The van der Waals surface area contributed by atoms with Crippen LogP contribution in [0, 0.1) is 19.3 Å². The molecule has 0 atom stereocenters. The zero-order chi connectivity index (χ0) is 24.0. The number of aromatic nitrogens is 1. The van der Waals surface area contributed by atoms with Crippen molar-refractivity contribution in [3.63, 3.8) is 0 Å². The lowest BCUT2D eigenvalue weighted by Gasteiger charge is -2.20. The van der Waals surface area contributed by atoms with Gasteiger partial charge in [0.05, 0.1) is 5.57 Å². The predicted octanol–water partition coefficient (Wildman–Crippen LogP) is 5.89. The number of aliphatic imine (C=N–C) groups is 1.